The monoisotopic (exact) mass is 305 g/mol. The number of aryl methyl sites for hydroxylation is 1. The Balaban J connectivity index is 2.22. The van der Waals surface area contributed by atoms with Crippen LogP contribution in [0, 0.1) is 0 Å². The maximum atomic E-state index is 12.9. The first-order chi connectivity index (χ1) is 10.5. The number of rotatable bonds is 5. The molecule has 2 N–H and O–H groups in total. The minimum absolute atomic E-state index is 0.169. The molecule has 1 nitrogen and oxygen atoms in total. The van der Waals surface area contributed by atoms with Gasteiger partial charge in [0.2, 0.25) is 0 Å². The second-order valence-electron chi connectivity index (χ2n) is 5.06. The molecule has 22 heavy (non-hydrogen) atoms. The fraction of sp³-hybridized carbons (Fsp3) is 0.222. The van der Waals surface area contributed by atoms with Crippen molar-refractivity contribution in [3.63, 3.8) is 0 Å². The van der Waals surface area contributed by atoms with Crippen LogP contribution in [0.3, 0.4) is 0 Å². The van der Waals surface area contributed by atoms with E-state index in [-0.39, 0.29) is 5.56 Å². The quantitative estimate of drug-likeness (QED) is 0.791. The van der Waals surface area contributed by atoms with Gasteiger partial charge in [0.05, 0.1) is 5.56 Å². The number of nitrogens with two attached hydrogens (primary N) is 1. The van der Waals surface area contributed by atoms with Crippen LogP contribution in [0.15, 0.2) is 48.5 Å². The zero-order valence-electron chi connectivity index (χ0n) is 12.1. The second kappa shape index (κ2) is 7.27. The molecule has 0 unspecified atom stereocenters. The molecular formula is C18H18F3N. The lowest BCUT2D eigenvalue weighted by Crippen LogP contribution is -2.06. The van der Waals surface area contributed by atoms with E-state index in [0.29, 0.717) is 6.54 Å². The summed E-state index contributed by atoms with van der Waals surface area (Å²) < 4.78 is 38.8. The Kier molecular flexibility index (Phi) is 5.39. The normalized spacial score (nSPS) is 12.0. The first kappa shape index (κ1) is 16.3. The number of alkyl halides is 3. The van der Waals surface area contributed by atoms with Crippen LogP contribution in [0.2, 0.25) is 0 Å². The minimum atomic E-state index is -4.34. The van der Waals surface area contributed by atoms with Crippen molar-refractivity contribution >= 4 is 12.2 Å². The number of halogens is 3. The molecule has 4 heteroatoms. The summed E-state index contributed by atoms with van der Waals surface area (Å²) in [5.41, 5.74) is 7.05. The first-order valence-electron chi connectivity index (χ1n) is 7.14. The number of hydrogen-bond donors (Lipinski definition) is 1. The van der Waals surface area contributed by atoms with Crippen LogP contribution in [0.1, 0.15) is 28.7 Å². The van der Waals surface area contributed by atoms with Crippen molar-refractivity contribution in [2.24, 2.45) is 5.73 Å². The van der Waals surface area contributed by atoms with Gasteiger partial charge in [-0.1, -0.05) is 54.6 Å². The maximum absolute atomic E-state index is 12.9. The zero-order chi connectivity index (χ0) is 16.0. The van der Waals surface area contributed by atoms with E-state index in [2.05, 4.69) is 0 Å². The lowest BCUT2D eigenvalue weighted by molar-refractivity contribution is -0.137. The Morgan fingerprint density at radius 2 is 1.73 bits per heavy atom. The summed E-state index contributed by atoms with van der Waals surface area (Å²) in [5, 5.41) is 0. The molecule has 0 saturated heterocycles. The van der Waals surface area contributed by atoms with Gasteiger partial charge in [0, 0.05) is 0 Å². The van der Waals surface area contributed by atoms with E-state index in [4.69, 9.17) is 5.73 Å². The van der Waals surface area contributed by atoms with Gasteiger partial charge in [0.1, 0.15) is 0 Å². The summed E-state index contributed by atoms with van der Waals surface area (Å²) in [6.45, 7) is 0.624. The van der Waals surface area contributed by atoms with Crippen molar-refractivity contribution in [2.75, 3.05) is 6.54 Å². The molecule has 2 aromatic rings. The highest BCUT2D eigenvalue weighted by Crippen LogP contribution is 2.32. The molecule has 2 aromatic carbocycles. The Morgan fingerprint density at radius 3 is 2.45 bits per heavy atom. The second-order valence-corrected chi connectivity index (χ2v) is 5.06. The topological polar surface area (TPSA) is 26.0 Å². The van der Waals surface area contributed by atoms with Crippen molar-refractivity contribution in [3.05, 3.63) is 70.8 Å². The molecule has 0 heterocycles. The van der Waals surface area contributed by atoms with Crippen LogP contribution in [-0.2, 0) is 12.6 Å². The average Bonchev–Trinajstić information content (AvgIpc) is 2.51. The van der Waals surface area contributed by atoms with E-state index in [1.54, 1.807) is 12.1 Å². The molecule has 0 aromatic heterocycles. The van der Waals surface area contributed by atoms with Crippen molar-refractivity contribution in [1.82, 2.24) is 0 Å². The van der Waals surface area contributed by atoms with Crippen molar-refractivity contribution in [1.29, 1.82) is 0 Å². The molecule has 116 valence electrons. The molecule has 0 aliphatic rings. The highest BCUT2D eigenvalue weighted by atomic mass is 19.4. The lowest BCUT2D eigenvalue weighted by atomic mass is 10.0. The standard InChI is InChI=1S/C18H18F3N/c19-18(20,21)17-9-2-1-8-16(17)11-10-15-6-3-5-14(13-15)7-4-12-22/h1-3,5-6,8-11,13H,4,7,12,22H2/b11-10-. The Bertz CT molecular complexity index is 645. The molecule has 0 amide bonds. The Labute approximate surface area is 128 Å². The SMILES string of the molecule is NCCCc1cccc(/C=C\c2ccccc2C(F)(F)F)c1. The largest absolute Gasteiger partial charge is 0.416 e. The molecule has 0 atom stereocenters. The van der Waals surface area contributed by atoms with Crippen LogP contribution in [0.4, 0.5) is 13.2 Å². The number of hydrogen-bond acceptors (Lipinski definition) is 1. The average molecular weight is 305 g/mol. The first-order valence-corrected chi connectivity index (χ1v) is 7.14. The maximum Gasteiger partial charge on any atom is 0.416 e. The third-order valence-corrected chi connectivity index (χ3v) is 3.34. The van der Waals surface area contributed by atoms with Gasteiger partial charge in [0.15, 0.2) is 0 Å². The van der Waals surface area contributed by atoms with Crippen molar-refractivity contribution in [3.8, 4) is 0 Å². The van der Waals surface area contributed by atoms with Gasteiger partial charge in [-0.05, 0) is 42.1 Å². The molecule has 0 aliphatic carbocycles. The summed E-state index contributed by atoms with van der Waals surface area (Å²) in [6, 6.07) is 13.3. The summed E-state index contributed by atoms with van der Waals surface area (Å²) in [5.74, 6) is 0. The van der Waals surface area contributed by atoms with Crippen LogP contribution in [0.5, 0.6) is 0 Å². The molecule has 0 radical (unpaired) electrons. The van der Waals surface area contributed by atoms with Crippen LogP contribution >= 0.6 is 0 Å². The van der Waals surface area contributed by atoms with E-state index in [0.717, 1.165) is 30.0 Å². The highest BCUT2D eigenvalue weighted by molar-refractivity contribution is 5.71. The van der Waals surface area contributed by atoms with Gasteiger partial charge in [-0.3, -0.25) is 0 Å². The fourth-order valence-corrected chi connectivity index (χ4v) is 2.24. The minimum Gasteiger partial charge on any atom is -0.330 e. The van der Waals surface area contributed by atoms with E-state index in [1.807, 2.05) is 24.3 Å². The van der Waals surface area contributed by atoms with E-state index >= 15 is 0 Å². The summed E-state index contributed by atoms with van der Waals surface area (Å²) >= 11 is 0. The van der Waals surface area contributed by atoms with Gasteiger partial charge in [-0.15, -0.1) is 0 Å². The molecule has 0 saturated carbocycles. The van der Waals surface area contributed by atoms with Gasteiger partial charge in [0.25, 0.3) is 0 Å². The third-order valence-electron chi connectivity index (χ3n) is 3.34. The summed E-state index contributed by atoms with van der Waals surface area (Å²) in [7, 11) is 0. The molecular weight excluding hydrogens is 287 g/mol. The molecule has 0 spiro atoms. The van der Waals surface area contributed by atoms with Gasteiger partial charge < -0.3 is 5.73 Å². The van der Waals surface area contributed by atoms with E-state index in [9.17, 15) is 13.2 Å². The predicted molar refractivity (Wildman–Crippen MR) is 84.2 cm³/mol. The zero-order valence-corrected chi connectivity index (χ0v) is 12.1. The fourth-order valence-electron chi connectivity index (χ4n) is 2.24. The molecule has 0 aliphatic heterocycles. The van der Waals surface area contributed by atoms with Crippen LogP contribution in [-0.4, -0.2) is 6.54 Å². The molecule has 0 bridgehead atoms. The van der Waals surface area contributed by atoms with Gasteiger partial charge in [-0.25, -0.2) is 0 Å². The Hall–Kier alpha value is -2.07. The molecule has 2 rings (SSSR count). The van der Waals surface area contributed by atoms with Crippen LogP contribution in [0.25, 0.3) is 12.2 Å². The van der Waals surface area contributed by atoms with E-state index < -0.39 is 11.7 Å². The third kappa shape index (κ3) is 4.46. The van der Waals surface area contributed by atoms with Crippen molar-refractivity contribution < 1.29 is 13.2 Å². The van der Waals surface area contributed by atoms with Gasteiger partial charge >= 0.3 is 6.18 Å². The van der Waals surface area contributed by atoms with Crippen molar-refractivity contribution in [2.45, 2.75) is 19.0 Å². The Morgan fingerprint density at radius 1 is 0.955 bits per heavy atom. The van der Waals surface area contributed by atoms with Gasteiger partial charge in [-0.2, -0.15) is 13.2 Å². The van der Waals surface area contributed by atoms with E-state index in [1.165, 1.54) is 18.2 Å². The summed E-state index contributed by atoms with van der Waals surface area (Å²) in [6.07, 6.45) is 0.632. The predicted octanol–water partition coefficient (Wildman–Crippen LogP) is 4.77. The smallest absolute Gasteiger partial charge is 0.330 e. The highest BCUT2D eigenvalue weighted by Gasteiger charge is 2.32. The lowest BCUT2D eigenvalue weighted by Gasteiger charge is -2.09. The molecule has 0 fully saturated rings. The number of benzene rings is 2. The summed E-state index contributed by atoms with van der Waals surface area (Å²) in [4.78, 5) is 0. The van der Waals surface area contributed by atoms with Crippen LogP contribution < -0.4 is 5.73 Å².